The van der Waals surface area contributed by atoms with Gasteiger partial charge in [-0.2, -0.15) is 0 Å². The van der Waals surface area contributed by atoms with Gasteiger partial charge in [0.2, 0.25) is 11.8 Å². The normalized spacial score (nSPS) is 14.3. The predicted molar refractivity (Wildman–Crippen MR) is 111 cm³/mol. The van der Waals surface area contributed by atoms with Crippen LogP contribution in [0, 0.1) is 11.7 Å². The van der Waals surface area contributed by atoms with Gasteiger partial charge in [0.05, 0.1) is 6.54 Å². The number of carbonyl (C=O) groups is 2. The quantitative estimate of drug-likeness (QED) is 0.414. The molecule has 0 spiro atoms. The monoisotopic (exact) mass is 407 g/mol. The molecule has 0 aromatic heterocycles. The van der Waals surface area contributed by atoms with Gasteiger partial charge in [-0.15, -0.1) is 0 Å². The van der Waals surface area contributed by atoms with Crippen molar-refractivity contribution >= 4 is 11.8 Å². The van der Waals surface area contributed by atoms with Crippen molar-refractivity contribution in [2.24, 2.45) is 5.92 Å². The highest BCUT2D eigenvalue weighted by Crippen LogP contribution is 2.33. The molecule has 1 saturated carbocycles. The van der Waals surface area contributed by atoms with Crippen LogP contribution in [0.2, 0.25) is 0 Å². The molecular weight excluding hydrogens is 373 g/mol. The second kappa shape index (κ2) is 12.4. The lowest BCUT2D eigenvalue weighted by atomic mass is 10.1. The molecule has 2 amide bonds. The highest BCUT2D eigenvalue weighted by Gasteiger charge is 2.29. The molecule has 0 heterocycles. The molecule has 0 aliphatic heterocycles. The fourth-order valence-electron chi connectivity index (χ4n) is 3.29. The summed E-state index contributed by atoms with van der Waals surface area (Å²) in [6.07, 6.45) is 5.46. The van der Waals surface area contributed by atoms with E-state index in [0.717, 1.165) is 24.4 Å². The number of benzene rings is 1. The summed E-state index contributed by atoms with van der Waals surface area (Å²) in [5.74, 6) is 0.684. The topological polar surface area (TPSA) is 79.5 Å². The summed E-state index contributed by atoms with van der Waals surface area (Å²) in [5.41, 5.74) is 0.925. The van der Waals surface area contributed by atoms with E-state index in [-0.39, 0.29) is 24.2 Å². The number of nitrogens with one attached hydrogen (secondary N) is 3. The van der Waals surface area contributed by atoms with Gasteiger partial charge in [-0.1, -0.05) is 19.9 Å². The van der Waals surface area contributed by atoms with Crippen LogP contribution in [0.4, 0.5) is 4.39 Å². The second-order valence-electron chi connectivity index (χ2n) is 7.49. The van der Waals surface area contributed by atoms with Gasteiger partial charge in [0, 0.05) is 31.6 Å². The first-order chi connectivity index (χ1) is 14.0. The maximum absolute atomic E-state index is 13.6. The van der Waals surface area contributed by atoms with Gasteiger partial charge in [-0.25, -0.2) is 4.39 Å². The SMILES string of the molecule is CCC(=O)NCC(=O)NCCCc1ccc(F)cc1OCCNC(CC)C1CC1. The zero-order valence-electron chi connectivity index (χ0n) is 17.6. The summed E-state index contributed by atoms with van der Waals surface area (Å²) in [6, 6.07) is 5.14. The van der Waals surface area contributed by atoms with Crippen molar-refractivity contribution in [3.05, 3.63) is 29.6 Å². The minimum Gasteiger partial charge on any atom is -0.492 e. The Kier molecular flexibility index (Phi) is 9.91. The Morgan fingerprint density at radius 1 is 1.17 bits per heavy atom. The number of aryl methyl sites for hydroxylation is 1. The number of rotatable bonds is 14. The molecule has 1 aliphatic carbocycles. The number of ether oxygens (including phenoxy) is 1. The van der Waals surface area contributed by atoms with Crippen LogP contribution in [0.15, 0.2) is 18.2 Å². The Labute approximate surface area is 173 Å². The highest BCUT2D eigenvalue weighted by molar-refractivity contribution is 5.84. The van der Waals surface area contributed by atoms with Crippen LogP contribution in [0.5, 0.6) is 5.75 Å². The van der Waals surface area contributed by atoms with Crippen LogP contribution in [0.3, 0.4) is 0 Å². The maximum Gasteiger partial charge on any atom is 0.239 e. The summed E-state index contributed by atoms with van der Waals surface area (Å²) >= 11 is 0. The summed E-state index contributed by atoms with van der Waals surface area (Å²) in [4.78, 5) is 22.8. The van der Waals surface area contributed by atoms with Crippen LogP contribution < -0.4 is 20.7 Å². The molecule has 162 valence electrons. The van der Waals surface area contributed by atoms with Crippen molar-refractivity contribution in [3.8, 4) is 5.75 Å². The highest BCUT2D eigenvalue weighted by atomic mass is 19.1. The van der Waals surface area contributed by atoms with E-state index in [1.807, 2.05) is 0 Å². The van der Waals surface area contributed by atoms with E-state index < -0.39 is 0 Å². The third-order valence-electron chi connectivity index (χ3n) is 5.14. The average molecular weight is 408 g/mol. The first kappa shape index (κ1) is 23.1. The summed E-state index contributed by atoms with van der Waals surface area (Å²) < 4.78 is 19.5. The van der Waals surface area contributed by atoms with Crippen LogP contribution in [0.1, 0.15) is 51.5 Å². The lowest BCUT2D eigenvalue weighted by Crippen LogP contribution is -2.37. The standard InChI is InChI=1S/C22H34FN3O3/c1-3-19(16-7-8-16)24-12-13-29-20-14-18(23)10-9-17(20)6-5-11-25-22(28)15-26-21(27)4-2/h9-10,14,16,19,24H,3-8,11-13,15H2,1-2H3,(H,25,28)(H,26,27). The van der Waals surface area contributed by atoms with Crippen molar-refractivity contribution in [2.45, 2.75) is 58.4 Å². The van der Waals surface area contributed by atoms with Gasteiger partial charge in [0.15, 0.2) is 0 Å². The van der Waals surface area contributed by atoms with Gasteiger partial charge < -0.3 is 20.7 Å². The first-order valence-corrected chi connectivity index (χ1v) is 10.7. The second-order valence-corrected chi connectivity index (χ2v) is 7.49. The predicted octanol–water partition coefficient (Wildman–Crippen LogP) is 2.56. The molecule has 0 bridgehead atoms. The molecule has 1 aromatic carbocycles. The van der Waals surface area contributed by atoms with Crippen molar-refractivity contribution < 1.29 is 18.7 Å². The molecule has 1 aliphatic rings. The van der Waals surface area contributed by atoms with Crippen LogP contribution in [-0.4, -0.2) is 44.1 Å². The molecule has 2 rings (SSSR count). The molecule has 1 aromatic rings. The number of halogens is 1. The summed E-state index contributed by atoms with van der Waals surface area (Å²) in [7, 11) is 0. The Hall–Kier alpha value is -2.15. The smallest absolute Gasteiger partial charge is 0.239 e. The first-order valence-electron chi connectivity index (χ1n) is 10.7. The number of amides is 2. The van der Waals surface area contributed by atoms with E-state index >= 15 is 0 Å². The number of hydrogen-bond donors (Lipinski definition) is 3. The van der Waals surface area contributed by atoms with Crippen molar-refractivity contribution in [3.63, 3.8) is 0 Å². The lowest BCUT2D eigenvalue weighted by Gasteiger charge is -2.17. The minimum absolute atomic E-state index is 0.00973. The molecule has 3 N–H and O–H groups in total. The van der Waals surface area contributed by atoms with Crippen LogP contribution >= 0.6 is 0 Å². The Bertz CT molecular complexity index is 665. The fourth-order valence-corrected chi connectivity index (χ4v) is 3.29. The van der Waals surface area contributed by atoms with Gasteiger partial charge in [-0.3, -0.25) is 9.59 Å². The molecule has 1 atom stereocenters. The lowest BCUT2D eigenvalue weighted by molar-refractivity contribution is -0.125. The zero-order valence-corrected chi connectivity index (χ0v) is 17.6. The zero-order chi connectivity index (χ0) is 21.1. The molecule has 7 heteroatoms. The van der Waals surface area contributed by atoms with Gasteiger partial charge in [0.1, 0.15) is 18.2 Å². The maximum atomic E-state index is 13.6. The Morgan fingerprint density at radius 3 is 2.66 bits per heavy atom. The van der Waals surface area contributed by atoms with Crippen molar-refractivity contribution in [1.29, 1.82) is 0 Å². The average Bonchev–Trinajstić information content (AvgIpc) is 3.55. The molecule has 1 fully saturated rings. The molecule has 6 nitrogen and oxygen atoms in total. The van der Waals surface area contributed by atoms with Gasteiger partial charge in [0.25, 0.3) is 0 Å². The molecular formula is C22H34FN3O3. The molecule has 29 heavy (non-hydrogen) atoms. The van der Waals surface area contributed by atoms with E-state index in [1.165, 1.54) is 25.0 Å². The number of carbonyl (C=O) groups excluding carboxylic acids is 2. The van der Waals surface area contributed by atoms with Crippen LogP contribution in [-0.2, 0) is 16.0 Å². The molecule has 0 radical (unpaired) electrons. The van der Waals surface area contributed by atoms with Gasteiger partial charge >= 0.3 is 0 Å². The minimum atomic E-state index is -0.318. The van der Waals surface area contributed by atoms with E-state index in [0.29, 0.717) is 44.2 Å². The third-order valence-corrected chi connectivity index (χ3v) is 5.14. The Morgan fingerprint density at radius 2 is 1.97 bits per heavy atom. The fraction of sp³-hybridized carbons (Fsp3) is 0.636. The summed E-state index contributed by atoms with van der Waals surface area (Å²) in [6.45, 7) is 5.64. The van der Waals surface area contributed by atoms with E-state index in [1.54, 1.807) is 13.0 Å². The third kappa shape index (κ3) is 8.81. The van der Waals surface area contributed by atoms with E-state index in [2.05, 4.69) is 22.9 Å². The van der Waals surface area contributed by atoms with E-state index in [9.17, 15) is 14.0 Å². The van der Waals surface area contributed by atoms with Crippen molar-refractivity contribution in [1.82, 2.24) is 16.0 Å². The number of hydrogen-bond acceptors (Lipinski definition) is 4. The summed E-state index contributed by atoms with van der Waals surface area (Å²) in [5, 5.41) is 8.84. The Balaban J connectivity index is 1.70. The van der Waals surface area contributed by atoms with Gasteiger partial charge in [-0.05, 0) is 49.7 Å². The van der Waals surface area contributed by atoms with E-state index in [4.69, 9.17) is 4.74 Å². The molecule has 0 saturated heterocycles. The molecule has 1 unspecified atom stereocenters. The largest absolute Gasteiger partial charge is 0.492 e. The van der Waals surface area contributed by atoms with Crippen LogP contribution in [0.25, 0.3) is 0 Å². The van der Waals surface area contributed by atoms with Crippen molar-refractivity contribution in [2.75, 3.05) is 26.2 Å².